The Labute approximate surface area is 250 Å². The van der Waals surface area contributed by atoms with E-state index >= 15 is 0 Å². The Hall–Kier alpha value is -0.215. The Balaban J connectivity index is 0.00000135. The first-order valence-electron chi connectivity index (χ1n) is 12.5. The average Bonchev–Trinajstić information content (AvgIpc) is 3.43. The van der Waals surface area contributed by atoms with Gasteiger partial charge in [-0.3, -0.25) is 0 Å². The molecule has 0 radical (unpaired) electrons. The summed E-state index contributed by atoms with van der Waals surface area (Å²) in [4.78, 5) is 8.78. The predicted molar refractivity (Wildman–Crippen MR) is 128 cm³/mol. The van der Waals surface area contributed by atoms with Crippen LogP contribution in [0.5, 0.6) is 0 Å². The molecule has 3 fully saturated rings. The number of hydrogen-bond acceptors (Lipinski definition) is 4. The number of hydrogen-bond donors (Lipinski definition) is 1. The van der Waals surface area contributed by atoms with E-state index in [1.807, 2.05) is 19.6 Å². The summed E-state index contributed by atoms with van der Waals surface area (Å²) in [6, 6.07) is -12.6. The van der Waals surface area contributed by atoms with Gasteiger partial charge in [-0.25, -0.2) is 0 Å². The van der Waals surface area contributed by atoms with Crippen LogP contribution in [-0.2, 0) is 19.5 Å². The maximum atomic E-state index is 13.8. The Bertz CT molecular complexity index is 829. The third kappa shape index (κ3) is 10.7. The minimum absolute atomic E-state index is 0. The van der Waals surface area contributed by atoms with Gasteiger partial charge in [0.05, 0.1) is 12.1 Å². The molecule has 0 aromatic rings. The van der Waals surface area contributed by atoms with E-state index in [1.165, 1.54) is 0 Å². The van der Waals surface area contributed by atoms with Crippen LogP contribution < -0.4 is 0 Å². The summed E-state index contributed by atoms with van der Waals surface area (Å²) in [5, 5.41) is 0. The largest absolute Gasteiger partial charge is 0.601 e. The van der Waals surface area contributed by atoms with Crippen molar-refractivity contribution in [2.45, 2.75) is 115 Å². The first-order valence-corrected chi connectivity index (χ1v) is 15.9. The van der Waals surface area contributed by atoms with Crippen LogP contribution in [0.15, 0.2) is 0 Å². The first kappa shape index (κ1) is 39.8. The zero-order valence-corrected chi connectivity index (χ0v) is 27.6. The van der Waals surface area contributed by atoms with Crippen molar-refractivity contribution < 1.29 is 77.0 Å². The molecule has 244 valence electrons. The zero-order chi connectivity index (χ0) is 32.1. The van der Waals surface area contributed by atoms with Crippen LogP contribution in [0, 0.1) is 5.41 Å². The molecule has 0 aromatic carbocycles. The molecular formula is C20H32BF12N6OSiZn-3. The summed E-state index contributed by atoms with van der Waals surface area (Å²) >= 11 is 0. The topological polar surface area (TPSA) is 72.2 Å². The van der Waals surface area contributed by atoms with Gasteiger partial charge in [-0.2, -0.15) is 52.7 Å². The quantitative estimate of drug-likeness (QED) is 0.256. The molecular weight excluding hydrogens is 673 g/mol. The molecule has 42 heavy (non-hydrogen) atoms. The van der Waals surface area contributed by atoms with Crippen molar-refractivity contribution in [1.29, 1.82) is 0 Å². The molecule has 22 heteroatoms. The Morgan fingerprint density at radius 1 is 0.643 bits per heavy atom. The summed E-state index contributed by atoms with van der Waals surface area (Å²) in [5.41, 5.74) is 9.48. The minimum Gasteiger partial charge on any atom is -0.601 e. The van der Waals surface area contributed by atoms with Crippen LogP contribution in [0.4, 0.5) is 52.7 Å². The van der Waals surface area contributed by atoms with Crippen LogP contribution in [0.3, 0.4) is 0 Å². The monoisotopic (exact) mass is 703 g/mol. The minimum atomic E-state index is -5.40. The molecule has 7 nitrogen and oxygen atoms in total. The fourth-order valence-electron chi connectivity index (χ4n) is 4.35. The maximum Gasteiger partial charge on any atom is 0.401 e. The van der Waals surface area contributed by atoms with Crippen LogP contribution in [0.25, 0.3) is 16.3 Å². The summed E-state index contributed by atoms with van der Waals surface area (Å²) in [7, 11) is -4.13. The number of rotatable bonds is 3. The van der Waals surface area contributed by atoms with E-state index in [2.05, 4.69) is 16.3 Å². The van der Waals surface area contributed by atoms with E-state index in [1.54, 1.807) is 20.8 Å². The van der Waals surface area contributed by atoms with E-state index in [9.17, 15) is 52.7 Å². The second-order valence-electron chi connectivity index (χ2n) is 12.2. The average molecular weight is 705 g/mol. The van der Waals surface area contributed by atoms with Crippen LogP contribution in [0.1, 0.15) is 40.0 Å². The van der Waals surface area contributed by atoms with E-state index < -0.39 is 88.6 Å². The summed E-state index contributed by atoms with van der Waals surface area (Å²) in [6.45, 7) is 10.3. The summed E-state index contributed by atoms with van der Waals surface area (Å²) in [5.74, 6) is 0. The first-order chi connectivity index (χ1) is 18.0. The number of halogens is 12. The fourth-order valence-corrected chi connectivity index (χ4v) is 4.35. The van der Waals surface area contributed by atoms with Gasteiger partial charge in [0.15, 0.2) is 8.32 Å². The molecule has 0 amide bonds. The number of alkyl halides is 12. The van der Waals surface area contributed by atoms with E-state index in [-0.39, 0.29) is 42.3 Å². The predicted octanol–water partition coefficient (Wildman–Crippen LogP) is 6.90. The van der Waals surface area contributed by atoms with E-state index in [4.69, 9.17) is 4.80 Å². The molecule has 3 rings (SSSR count). The molecule has 0 aromatic heterocycles. The van der Waals surface area contributed by atoms with Crippen LogP contribution >= 0.6 is 0 Å². The Kier molecular flexibility index (Phi) is 12.6. The molecule has 0 saturated carbocycles. The van der Waals surface area contributed by atoms with Gasteiger partial charge >= 0.3 is 31.8 Å². The van der Waals surface area contributed by atoms with E-state index in [0.717, 1.165) is 0 Å². The van der Waals surface area contributed by atoms with Crippen molar-refractivity contribution in [2.24, 2.45) is 5.41 Å². The van der Waals surface area contributed by atoms with Crippen LogP contribution in [-0.4, -0.2) is 96.4 Å². The zero-order valence-electron chi connectivity index (χ0n) is 23.7. The maximum absolute atomic E-state index is 13.8. The van der Waals surface area contributed by atoms with Crippen molar-refractivity contribution in [3.63, 3.8) is 0 Å². The normalized spacial score (nSPS) is 29.4. The third-order valence-corrected chi connectivity index (χ3v) is 6.25. The molecule has 0 spiro atoms. The molecule has 3 saturated heterocycles. The van der Waals surface area contributed by atoms with Gasteiger partial charge in [-0.1, -0.05) is 32.6 Å². The van der Waals surface area contributed by atoms with Crippen LogP contribution in [0.2, 0.25) is 19.6 Å². The van der Waals surface area contributed by atoms with Crippen molar-refractivity contribution in [3.05, 3.63) is 16.3 Å². The molecule has 5 atom stereocenters. The SMILES string of the molecule is CC(C)(C)C1CCN(B(N2[N-]C(C(F)(F)F)CC2C(F)(F)F)N2[N-]C(C(F)(F)F)CC2C(F)(F)F)[N-]1.C[Si](C)(C)O.[Zn]. The Morgan fingerprint density at radius 3 is 1.21 bits per heavy atom. The number of nitrogens with zero attached hydrogens (tertiary/aromatic N) is 6. The van der Waals surface area contributed by atoms with Crippen molar-refractivity contribution in [3.8, 4) is 0 Å². The van der Waals surface area contributed by atoms with Gasteiger partial charge in [0.25, 0.3) is 0 Å². The van der Waals surface area contributed by atoms with Gasteiger partial charge in [0.2, 0.25) is 0 Å². The van der Waals surface area contributed by atoms with Gasteiger partial charge in [-0.05, 0) is 51.1 Å². The molecule has 3 aliphatic heterocycles. The van der Waals surface area contributed by atoms with E-state index in [0.29, 0.717) is 4.92 Å². The fraction of sp³-hybridized carbons (Fsp3) is 1.00. The van der Waals surface area contributed by atoms with Crippen molar-refractivity contribution >= 4 is 15.4 Å². The second-order valence-corrected chi connectivity index (χ2v) is 16.5. The molecule has 1 N–H and O–H groups in total. The molecule has 3 aliphatic rings. The van der Waals surface area contributed by atoms with Gasteiger partial charge in [0.1, 0.15) is 0 Å². The molecule has 0 aliphatic carbocycles. The standard InChI is InChI=1S/C17H22BF12N6.C3H10OSi.Zn/c1-13(2,3)8-4-5-34(31-8)18(35-11(16(25,26)27)6-9(32-35)14(19,20)21)36-12(17(28,29)30)7-10(33-36)15(22,23)24;1-5(2,3)4;/h8-12H,4-7H2,1-3H3;4H,1-3H3;/q-3;;. The van der Waals surface area contributed by atoms with Crippen molar-refractivity contribution in [2.75, 3.05) is 6.54 Å². The second kappa shape index (κ2) is 13.3. The molecule has 0 bridgehead atoms. The summed E-state index contributed by atoms with van der Waals surface area (Å²) in [6.07, 6.45) is -24.6. The van der Waals surface area contributed by atoms with Gasteiger partial charge < -0.3 is 35.8 Å². The smallest absolute Gasteiger partial charge is 0.401 e. The third-order valence-electron chi connectivity index (χ3n) is 6.25. The van der Waals surface area contributed by atoms with Gasteiger partial charge in [-0.15, -0.1) is 6.04 Å². The Morgan fingerprint density at radius 2 is 0.976 bits per heavy atom. The van der Waals surface area contributed by atoms with Gasteiger partial charge in [0, 0.05) is 19.5 Å². The summed E-state index contributed by atoms with van der Waals surface area (Å²) < 4.78 is 163. The molecule has 5 unspecified atom stereocenters. The van der Waals surface area contributed by atoms with Crippen molar-refractivity contribution in [1.82, 2.24) is 14.8 Å². The molecule has 3 heterocycles.